The molecule has 5 heteroatoms. The topological polar surface area (TPSA) is 98.4 Å². The molecule has 0 aromatic heterocycles. The monoisotopic (exact) mass is 509 g/mol. The number of Topliss-reactive ketones (excluding diaryl/α,β-unsaturated/α-hetero) is 2. The summed E-state index contributed by atoms with van der Waals surface area (Å²) in [6, 6.07) is 2.20. The van der Waals surface area contributed by atoms with Gasteiger partial charge in [-0.2, -0.15) is 5.26 Å². The van der Waals surface area contributed by atoms with Crippen molar-refractivity contribution >= 4 is 11.6 Å². The number of hydrogen-bond acceptors (Lipinski definition) is 5. The standard InChI is InChI=1S/C32H47NO4/c1-27(2)10-12-32(24(36)18-34)13-11-31(7)25(20(32)16-27)21(35)14-23-29(5)15-19(17-33)26(37)28(3,4)22(29)8-9-30(23,31)6/h15,20,22-25,34,36H,8-14,16,18H2,1-7H3/t20-,22-,23+,24?,25-,29-,30+,31+,32-/m0/s1. The smallest absolute Gasteiger partial charge is 0.178 e. The number of hydrogen-bond donors (Lipinski definition) is 2. The Kier molecular flexibility index (Phi) is 5.86. The summed E-state index contributed by atoms with van der Waals surface area (Å²) in [6.45, 7) is 15.3. The Labute approximate surface area is 223 Å². The van der Waals surface area contributed by atoms with Crippen molar-refractivity contribution in [3.8, 4) is 6.07 Å². The summed E-state index contributed by atoms with van der Waals surface area (Å²) in [5.41, 5.74) is -1.42. The van der Waals surface area contributed by atoms with Gasteiger partial charge in [-0.15, -0.1) is 0 Å². The molecule has 0 aliphatic heterocycles. The van der Waals surface area contributed by atoms with Gasteiger partial charge >= 0.3 is 0 Å². The van der Waals surface area contributed by atoms with Gasteiger partial charge in [-0.3, -0.25) is 9.59 Å². The Balaban J connectivity index is 1.64. The second-order valence-electron chi connectivity index (χ2n) is 15.6. The highest BCUT2D eigenvalue weighted by molar-refractivity contribution is 6.04. The van der Waals surface area contributed by atoms with Gasteiger partial charge < -0.3 is 10.2 Å². The Morgan fingerprint density at radius 1 is 0.973 bits per heavy atom. The van der Waals surface area contributed by atoms with Crippen LogP contribution in [-0.2, 0) is 9.59 Å². The number of fused-ring (bicyclic) bond motifs is 7. The van der Waals surface area contributed by atoms with E-state index >= 15 is 0 Å². The first-order valence-electron chi connectivity index (χ1n) is 14.5. The zero-order chi connectivity index (χ0) is 27.4. The van der Waals surface area contributed by atoms with Gasteiger partial charge in [0, 0.05) is 23.2 Å². The second-order valence-corrected chi connectivity index (χ2v) is 15.6. The Bertz CT molecular complexity index is 1100. The minimum atomic E-state index is -0.795. The number of carbonyl (C=O) groups excluding carboxylic acids is 2. The molecule has 4 saturated carbocycles. The van der Waals surface area contributed by atoms with Gasteiger partial charge in [0.2, 0.25) is 0 Å². The summed E-state index contributed by atoms with van der Waals surface area (Å²) in [5.74, 6) is 0.324. The van der Waals surface area contributed by atoms with Crippen LogP contribution in [0.4, 0.5) is 0 Å². The molecule has 5 aliphatic carbocycles. The van der Waals surface area contributed by atoms with Gasteiger partial charge in [-0.25, -0.2) is 0 Å². The van der Waals surface area contributed by atoms with Crippen LogP contribution in [0.25, 0.3) is 0 Å². The van der Waals surface area contributed by atoms with Crippen LogP contribution in [0.5, 0.6) is 0 Å². The predicted octanol–water partition coefficient (Wildman–Crippen LogP) is 5.64. The fraction of sp³-hybridized carbons (Fsp3) is 0.844. The lowest BCUT2D eigenvalue weighted by Crippen LogP contribution is -2.69. The number of ketones is 2. The predicted molar refractivity (Wildman–Crippen MR) is 142 cm³/mol. The van der Waals surface area contributed by atoms with Crippen LogP contribution in [0.1, 0.15) is 99.8 Å². The first-order valence-corrected chi connectivity index (χ1v) is 14.5. The molecule has 0 bridgehead atoms. The molecular formula is C32H47NO4. The van der Waals surface area contributed by atoms with Gasteiger partial charge in [0.15, 0.2) is 5.78 Å². The van der Waals surface area contributed by atoms with E-state index in [0.29, 0.717) is 12.2 Å². The van der Waals surface area contributed by atoms with Crippen molar-refractivity contribution in [1.29, 1.82) is 5.26 Å². The molecule has 2 N–H and O–H groups in total. The molecule has 0 aromatic rings. The summed E-state index contributed by atoms with van der Waals surface area (Å²) in [4.78, 5) is 27.7. The number of allylic oxidation sites excluding steroid dienone is 2. The third kappa shape index (κ3) is 3.27. The first kappa shape index (κ1) is 27.1. The highest BCUT2D eigenvalue weighted by atomic mass is 16.3. The molecule has 1 unspecified atom stereocenters. The van der Waals surface area contributed by atoms with Crippen LogP contribution in [0.3, 0.4) is 0 Å². The highest BCUT2D eigenvalue weighted by Gasteiger charge is 2.72. The van der Waals surface area contributed by atoms with Crippen LogP contribution >= 0.6 is 0 Å². The van der Waals surface area contributed by atoms with Crippen molar-refractivity contribution in [3.63, 3.8) is 0 Å². The lowest BCUT2D eigenvalue weighted by molar-refractivity contribution is -0.236. The number of aliphatic hydroxyl groups excluding tert-OH is 2. The molecule has 0 aromatic carbocycles. The third-order valence-corrected chi connectivity index (χ3v) is 13.4. The van der Waals surface area contributed by atoms with Crippen LogP contribution in [0.2, 0.25) is 0 Å². The van der Waals surface area contributed by atoms with Crippen LogP contribution < -0.4 is 0 Å². The molecule has 204 valence electrons. The van der Waals surface area contributed by atoms with Gasteiger partial charge in [-0.05, 0) is 84.4 Å². The Morgan fingerprint density at radius 2 is 1.62 bits per heavy atom. The average molecular weight is 510 g/mol. The van der Waals surface area contributed by atoms with Gasteiger partial charge in [-0.1, -0.05) is 54.5 Å². The number of carbonyl (C=O) groups is 2. The van der Waals surface area contributed by atoms with E-state index in [0.717, 1.165) is 44.9 Å². The molecule has 0 heterocycles. The summed E-state index contributed by atoms with van der Waals surface area (Å²) < 4.78 is 0. The van der Waals surface area contributed by atoms with Gasteiger partial charge in [0.05, 0.1) is 18.3 Å². The third-order valence-electron chi connectivity index (χ3n) is 13.4. The van der Waals surface area contributed by atoms with E-state index in [2.05, 4.69) is 40.7 Å². The fourth-order valence-corrected chi connectivity index (χ4v) is 11.1. The maximum atomic E-state index is 14.4. The van der Waals surface area contributed by atoms with Crippen LogP contribution in [-0.4, -0.2) is 34.5 Å². The minimum Gasteiger partial charge on any atom is -0.394 e. The Morgan fingerprint density at radius 3 is 2.24 bits per heavy atom. The largest absolute Gasteiger partial charge is 0.394 e. The van der Waals surface area contributed by atoms with Crippen molar-refractivity contribution in [1.82, 2.24) is 0 Å². The molecule has 4 fully saturated rings. The summed E-state index contributed by atoms with van der Waals surface area (Å²) in [5, 5.41) is 31.2. The SMILES string of the molecule is CC1(C)CC[C@]2(C(O)CO)CC[C@]3(C)[C@H](C(=O)C[C@@H]4[C@@]5(C)C=C(C#N)C(=O)C(C)(C)[C@@H]5CC[C@]43C)[C@@H]2C1. The van der Waals surface area contributed by atoms with E-state index in [4.69, 9.17) is 0 Å². The zero-order valence-corrected chi connectivity index (χ0v) is 24.0. The van der Waals surface area contributed by atoms with Crippen LogP contribution in [0.15, 0.2) is 11.6 Å². The van der Waals surface area contributed by atoms with E-state index in [1.807, 2.05) is 19.9 Å². The number of nitrogens with zero attached hydrogens (tertiary/aromatic N) is 1. The second kappa shape index (κ2) is 8.01. The van der Waals surface area contributed by atoms with E-state index in [-0.39, 0.29) is 57.9 Å². The number of rotatable bonds is 2. The van der Waals surface area contributed by atoms with Crippen molar-refractivity contribution in [2.75, 3.05) is 6.61 Å². The molecule has 5 aliphatic rings. The van der Waals surface area contributed by atoms with Gasteiger partial charge in [0.25, 0.3) is 0 Å². The highest BCUT2D eigenvalue weighted by Crippen LogP contribution is 2.76. The maximum Gasteiger partial charge on any atom is 0.178 e. The molecule has 5 nitrogen and oxygen atoms in total. The lowest BCUT2D eigenvalue weighted by Gasteiger charge is -2.72. The van der Waals surface area contributed by atoms with Crippen LogP contribution in [0, 0.1) is 67.5 Å². The molecule has 5 rings (SSSR count). The van der Waals surface area contributed by atoms with E-state index in [1.165, 1.54) is 0 Å². The lowest BCUT2D eigenvalue weighted by atomic mass is 9.31. The van der Waals surface area contributed by atoms with Crippen molar-refractivity contribution in [2.45, 2.75) is 106 Å². The molecule has 9 atom stereocenters. The quantitative estimate of drug-likeness (QED) is 0.502. The molecule has 0 radical (unpaired) electrons. The molecular weight excluding hydrogens is 462 g/mol. The molecule has 0 amide bonds. The first-order chi connectivity index (χ1) is 17.0. The normalized spacial score (nSPS) is 48.9. The molecule has 0 saturated heterocycles. The van der Waals surface area contributed by atoms with Crippen molar-refractivity contribution < 1.29 is 19.8 Å². The van der Waals surface area contributed by atoms with Crippen molar-refractivity contribution in [3.05, 3.63) is 11.6 Å². The maximum absolute atomic E-state index is 14.4. The number of nitriles is 1. The van der Waals surface area contributed by atoms with Gasteiger partial charge in [0.1, 0.15) is 11.9 Å². The van der Waals surface area contributed by atoms with E-state index in [9.17, 15) is 25.1 Å². The average Bonchev–Trinajstić information content (AvgIpc) is 2.82. The summed E-state index contributed by atoms with van der Waals surface area (Å²) in [7, 11) is 0. The minimum absolute atomic E-state index is 0.0579. The summed E-state index contributed by atoms with van der Waals surface area (Å²) >= 11 is 0. The fourth-order valence-electron chi connectivity index (χ4n) is 11.1. The number of aliphatic hydroxyl groups is 2. The zero-order valence-electron chi connectivity index (χ0n) is 24.0. The molecule has 37 heavy (non-hydrogen) atoms. The van der Waals surface area contributed by atoms with Crippen molar-refractivity contribution in [2.24, 2.45) is 56.2 Å². The Hall–Kier alpha value is -1.51. The van der Waals surface area contributed by atoms with E-state index in [1.54, 1.807) is 0 Å². The van der Waals surface area contributed by atoms with E-state index < -0.39 is 22.3 Å². The summed E-state index contributed by atoms with van der Waals surface area (Å²) in [6.07, 6.45) is 7.96. The molecule has 0 spiro atoms.